The third kappa shape index (κ3) is 2.58. The predicted octanol–water partition coefficient (Wildman–Crippen LogP) is 1.67. The fourth-order valence-corrected chi connectivity index (χ4v) is 3.26. The summed E-state index contributed by atoms with van der Waals surface area (Å²) in [5, 5.41) is 17.9. The van der Waals surface area contributed by atoms with Gasteiger partial charge in [-0.15, -0.1) is 10.2 Å². The number of anilines is 1. The van der Waals surface area contributed by atoms with Crippen molar-refractivity contribution in [3.63, 3.8) is 0 Å². The molecule has 0 unspecified atom stereocenters. The highest BCUT2D eigenvalue weighted by atomic mass is 16.5. The van der Waals surface area contributed by atoms with Crippen LogP contribution in [0.5, 0.6) is 0 Å². The van der Waals surface area contributed by atoms with E-state index >= 15 is 0 Å². The Balaban J connectivity index is 1.79. The number of hydrogen-bond acceptors (Lipinski definition) is 7. The summed E-state index contributed by atoms with van der Waals surface area (Å²) >= 11 is 0. The lowest BCUT2D eigenvalue weighted by molar-refractivity contribution is 0.118. The molecular formula is C17H17N7O. The minimum absolute atomic E-state index is 0.0379. The first-order valence-electron chi connectivity index (χ1n) is 8.03. The minimum atomic E-state index is -0.0379. The normalized spacial score (nSPS) is 20.1. The first kappa shape index (κ1) is 15.5. The molecule has 0 aliphatic carbocycles. The fraction of sp³-hybridized carbons (Fsp3) is 0.353. The van der Waals surface area contributed by atoms with E-state index < -0.39 is 0 Å². The summed E-state index contributed by atoms with van der Waals surface area (Å²) in [5.74, 6) is 1.57. The van der Waals surface area contributed by atoms with E-state index in [1.807, 2.05) is 29.7 Å². The zero-order valence-electron chi connectivity index (χ0n) is 14.0. The van der Waals surface area contributed by atoms with Gasteiger partial charge in [0.1, 0.15) is 17.6 Å². The molecule has 1 saturated heterocycles. The molecule has 0 aromatic carbocycles. The number of rotatable bonds is 3. The van der Waals surface area contributed by atoms with E-state index in [0.29, 0.717) is 17.9 Å². The van der Waals surface area contributed by atoms with Gasteiger partial charge in [-0.3, -0.25) is 9.38 Å². The van der Waals surface area contributed by atoms with Crippen LogP contribution in [0.25, 0.3) is 5.65 Å². The van der Waals surface area contributed by atoms with Gasteiger partial charge in [0.25, 0.3) is 0 Å². The third-order valence-corrected chi connectivity index (χ3v) is 4.62. The Labute approximate surface area is 144 Å². The van der Waals surface area contributed by atoms with Crippen LogP contribution >= 0.6 is 0 Å². The number of methoxy groups -OCH3 is 1. The second-order valence-corrected chi connectivity index (χ2v) is 6.07. The monoisotopic (exact) mass is 335 g/mol. The Hall–Kier alpha value is -3.05. The quantitative estimate of drug-likeness (QED) is 0.719. The SMILES string of the molecule is CO[C@@H]1C[C@@H](c2nnc3cnccn23)N(c2ccc(C)c(C#N)n2)C1. The molecule has 25 heavy (non-hydrogen) atoms. The number of aryl methyl sites for hydroxylation is 1. The van der Waals surface area contributed by atoms with Crippen LogP contribution in [0, 0.1) is 18.3 Å². The molecule has 1 fully saturated rings. The van der Waals surface area contributed by atoms with Crippen LogP contribution in [0.2, 0.25) is 0 Å². The maximum Gasteiger partial charge on any atom is 0.179 e. The molecule has 0 amide bonds. The molecule has 1 aliphatic rings. The number of fused-ring (bicyclic) bond motifs is 1. The lowest BCUT2D eigenvalue weighted by atomic mass is 10.1. The van der Waals surface area contributed by atoms with Gasteiger partial charge in [-0.05, 0) is 18.6 Å². The second-order valence-electron chi connectivity index (χ2n) is 6.07. The Bertz CT molecular complexity index is 961. The molecule has 0 radical (unpaired) electrons. The zero-order chi connectivity index (χ0) is 17.4. The summed E-state index contributed by atoms with van der Waals surface area (Å²) in [6, 6.07) is 5.97. The molecule has 0 saturated carbocycles. The molecule has 3 aromatic rings. The van der Waals surface area contributed by atoms with Gasteiger partial charge in [0.15, 0.2) is 11.5 Å². The van der Waals surface area contributed by atoms with Gasteiger partial charge in [0.05, 0.1) is 18.3 Å². The third-order valence-electron chi connectivity index (χ3n) is 4.62. The van der Waals surface area contributed by atoms with E-state index in [1.54, 1.807) is 19.5 Å². The first-order valence-corrected chi connectivity index (χ1v) is 8.03. The Kier molecular flexibility index (Phi) is 3.78. The molecule has 4 heterocycles. The number of pyridine rings is 1. The van der Waals surface area contributed by atoms with Gasteiger partial charge in [-0.2, -0.15) is 5.26 Å². The fourth-order valence-electron chi connectivity index (χ4n) is 3.26. The van der Waals surface area contributed by atoms with E-state index in [1.165, 1.54) is 0 Å². The largest absolute Gasteiger partial charge is 0.380 e. The van der Waals surface area contributed by atoms with E-state index in [9.17, 15) is 5.26 Å². The second kappa shape index (κ2) is 6.11. The zero-order valence-corrected chi connectivity index (χ0v) is 14.0. The first-order chi connectivity index (χ1) is 12.2. The molecule has 8 heteroatoms. The molecule has 0 N–H and O–H groups in total. The highest BCUT2D eigenvalue weighted by Gasteiger charge is 2.37. The van der Waals surface area contributed by atoms with E-state index in [-0.39, 0.29) is 12.1 Å². The smallest absolute Gasteiger partial charge is 0.179 e. The average molecular weight is 335 g/mol. The van der Waals surface area contributed by atoms with Gasteiger partial charge in [0, 0.05) is 32.5 Å². The van der Waals surface area contributed by atoms with Gasteiger partial charge in [-0.1, -0.05) is 6.07 Å². The van der Waals surface area contributed by atoms with Crippen LogP contribution < -0.4 is 4.90 Å². The molecule has 3 aromatic heterocycles. The van der Waals surface area contributed by atoms with Crippen LogP contribution in [-0.2, 0) is 4.74 Å². The van der Waals surface area contributed by atoms with Crippen molar-refractivity contribution in [2.24, 2.45) is 0 Å². The summed E-state index contributed by atoms with van der Waals surface area (Å²) in [6.45, 7) is 2.57. The maximum absolute atomic E-state index is 9.29. The molecular weight excluding hydrogens is 318 g/mol. The van der Waals surface area contributed by atoms with Gasteiger partial charge >= 0.3 is 0 Å². The Morgan fingerprint density at radius 3 is 3.00 bits per heavy atom. The molecule has 1 aliphatic heterocycles. The highest BCUT2D eigenvalue weighted by molar-refractivity contribution is 5.48. The summed E-state index contributed by atoms with van der Waals surface area (Å²) in [7, 11) is 1.71. The Morgan fingerprint density at radius 2 is 2.20 bits per heavy atom. The topological polar surface area (TPSA) is 92.2 Å². The number of ether oxygens (including phenoxy) is 1. The summed E-state index contributed by atoms with van der Waals surface area (Å²) in [4.78, 5) is 10.7. The van der Waals surface area contributed by atoms with E-state index in [0.717, 1.165) is 23.6 Å². The standard InChI is InChI=1S/C17H17N7O/c1-11-3-4-15(20-13(11)8-18)24-10-12(25-2)7-14(24)17-22-21-16-9-19-5-6-23(16)17/h3-6,9,12,14H,7,10H2,1-2H3/t12-,14+/m1/s1. The van der Waals surface area contributed by atoms with Crippen LogP contribution in [0.4, 0.5) is 5.82 Å². The number of aromatic nitrogens is 5. The molecule has 0 bridgehead atoms. The molecule has 2 atom stereocenters. The van der Waals surface area contributed by atoms with E-state index in [2.05, 4.69) is 31.1 Å². The molecule has 8 nitrogen and oxygen atoms in total. The van der Waals surface area contributed by atoms with Crippen LogP contribution in [0.3, 0.4) is 0 Å². The Morgan fingerprint density at radius 1 is 1.32 bits per heavy atom. The highest BCUT2D eigenvalue weighted by Crippen LogP contribution is 2.36. The van der Waals surface area contributed by atoms with Crippen LogP contribution in [-0.4, -0.2) is 44.3 Å². The minimum Gasteiger partial charge on any atom is -0.380 e. The van der Waals surface area contributed by atoms with Crippen molar-refractivity contribution >= 4 is 11.5 Å². The van der Waals surface area contributed by atoms with Gasteiger partial charge in [0.2, 0.25) is 0 Å². The van der Waals surface area contributed by atoms with E-state index in [4.69, 9.17) is 4.74 Å². The van der Waals surface area contributed by atoms with Crippen molar-refractivity contribution in [3.8, 4) is 6.07 Å². The maximum atomic E-state index is 9.29. The summed E-state index contributed by atoms with van der Waals surface area (Å²) in [6.07, 6.45) is 6.09. The van der Waals surface area contributed by atoms with Crippen molar-refractivity contribution < 1.29 is 4.74 Å². The van der Waals surface area contributed by atoms with Crippen molar-refractivity contribution in [1.29, 1.82) is 5.26 Å². The molecule has 126 valence electrons. The van der Waals surface area contributed by atoms with Crippen molar-refractivity contribution in [1.82, 2.24) is 24.6 Å². The average Bonchev–Trinajstić information content (AvgIpc) is 3.25. The molecule has 4 rings (SSSR count). The van der Waals surface area contributed by atoms with Crippen molar-refractivity contribution in [3.05, 3.63) is 47.8 Å². The summed E-state index contributed by atoms with van der Waals surface area (Å²) in [5.41, 5.74) is 2.00. The summed E-state index contributed by atoms with van der Waals surface area (Å²) < 4.78 is 7.51. The number of nitrogens with zero attached hydrogens (tertiary/aromatic N) is 7. The van der Waals surface area contributed by atoms with Crippen molar-refractivity contribution in [2.75, 3.05) is 18.6 Å². The number of nitriles is 1. The van der Waals surface area contributed by atoms with Gasteiger partial charge in [-0.25, -0.2) is 4.98 Å². The van der Waals surface area contributed by atoms with Crippen LogP contribution in [0.1, 0.15) is 29.5 Å². The lowest BCUT2D eigenvalue weighted by Crippen LogP contribution is -2.27. The molecule has 0 spiro atoms. The van der Waals surface area contributed by atoms with Gasteiger partial charge < -0.3 is 9.64 Å². The van der Waals surface area contributed by atoms with Crippen molar-refractivity contribution in [2.45, 2.75) is 25.5 Å². The lowest BCUT2D eigenvalue weighted by Gasteiger charge is -2.24. The number of hydrogen-bond donors (Lipinski definition) is 0. The predicted molar refractivity (Wildman–Crippen MR) is 90.0 cm³/mol. The van der Waals surface area contributed by atoms with Crippen LogP contribution in [0.15, 0.2) is 30.7 Å².